The number of ether oxygens (including phenoxy) is 1. The van der Waals surface area contributed by atoms with E-state index in [1.807, 2.05) is 4.90 Å². The molecule has 2 aromatic carbocycles. The smallest absolute Gasteiger partial charge is 0.262 e. The Morgan fingerprint density at radius 2 is 1.69 bits per heavy atom. The third-order valence-electron chi connectivity index (χ3n) is 6.87. The van der Waals surface area contributed by atoms with E-state index >= 15 is 0 Å². The van der Waals surface area contributed by atoms with Crippen molar-refractivity contribution in [1.82, 2.24) is 9.21 Å². The van der Waals surface area contributed by atoms with Crippen LogP contribution in [0.4, 0.5) is 15.8 Å². The molecule has 1 N–H and O–H groups in total. The molecule has 9 nitrogen and oxygen atoms in total. The van der Waals surface area contributed by atoms with Crippen molar-refractivity contribution in [2.75, 3.05) is 56.1 Å². The molecule has 0 saturated carbocycles. The largest absolute Gasteiger partial charge is 0.482 e. The maximum atomic E-state index is 13.3. The quantitative estimate of drug-likeness (QED) is 0.645. The average molecular weight is 537 g/mol. The van der Waals surface area contributed by atoms with Crippen molar-refractivity contribution in [3.05, 3.63) is 47.2 Å². The van der Waals surface area contributed by atoms with Crippen LogP contribution in [0.15, 0.2) is 41.3 Å². The van der Waals surface area contributed by atoms with Gasteiger partial charge in [0.15, 0.2) is 6.61 Å². The molecular formula is C24H26ClFN4O5S. The zero-order valence-corrected chi connectivity index (χ0v) is 21.0. The summed E-state index contributed by atoms with van der Waals surface area (Å²) in [5.74, 6) is -0.565. The maximum Gasteiger partial charge on any atom is 0.262 e. The van der Waals surface area contributed by atoms with Gasteiger partial charge in [-0.3, -0.25) is 9.59 Å². The molecule has 12 heteroatoms. The molecule has 0 unspecified atom stereocenters. The fraction of sp³-hybridized carbons (Fsp3) is 0.417. The molecule has 0 aliphatic carbocycles. The highest BCUT2D eigenvalue weighted by Gasteiger charge is 2.36. The number of halogens is 2. The minimum absolute atomic E-state index is 0.00299. The van der Waals surface area contributed by atoms with Crippen LogP contribution in [0.1, 0.15) is 12.8 Å². The van der Waals surface area contributed by atoms with E-state index in [0.29, 0.717) is 44.7 Å². The van der Waals surface area contributed by atoms with Crippen LogP contribution in [0.3, 0.4) is 0 Å². The summed E-state index contributed by atoms with van der Waals surface area (Å²) in [4.78, 5) is 28.5. The topological polar surface area (TPSA) is 99.3 Å². The van der Waals surface area contributed by atoms with Crippen LogP contribution in [-0.2, 0) is 19.6 Å². The molecular weight excluding hydrogens is 511 g/mol. The molecule has 3 aliphatic rings. The molecule has 3 aliphatic heterocycles. The first kappa shape index (κ1) is 24.8. The van der Waals surface area contributed by atoms with E-state index in [1.165, 1.54) is 28.6 Å². The first-order valence-electron chi connectivity index (χ1n) is 11.8. The van der Waals surface area contributed by atoms with E-state index in [1.54, 1.807) is 12.1 Å². The lowest BCUT2D eigenvalue weighted by Crippen LogP contribution is -2.52. The summed E-state index contributed by atoms with van der Waals surface area (Å²) in [5, 5.41) is 2.60. The lowest BCUT2D eigenvalue weighted by Gasteiger charge is -2.39. The Balaban J connectivity index is 1.19. The third kappa shape index (κ3) is 4.87. The van der Waals surface area contributed by atoms with E-state index < -0.39 is 10.0 Å². The third-order valence-corrected chi connectivity index (χ3v) is 9.23. The lowest BCUT2D eigenvalue weighted by molar-refractivity contribution is -0.137. The number of nitrogens with zero attached hydrogens (tertiary/aromatic N) is 3. The van der Waals surface area contributed by atoms with Gasteiger partial charge in [0.05, 0.1) is 10.7 Å². The van der Waals surface area contributed by atoms with Gasteiger partial charge in [-0.2, -0.15) is 4.31 Å². The molecule has 0 atom stereocenters. The first-order chi connectivity index (χ1) is 17.2. The number of rotatable bonds is 4. The standard InChI is InChI=1S/C24H26ClFN4O5S/c25-19-13-20-21(35-15-23(31)27-20)14-22(19)36(33,34)30-7-5-16(6-8-30)24(32)29-11-9-28(10-12-29)18-3-1-17(26)2-4-18/h1-4,13-14,16H,5-12,15H2,(H,27,31). The normalized spacial score (nSPS) is 19.4. The highest BCUT2D eigenvalue weighted by atomic mass is 35.5. The Bertz CT molecular complexity index is 1270. The van der Waals surface area contributed by atoms with Crippen molar-refractivity contribution in [2.45, 2.75) is 17.7 Å². The van der Waals surface area contributed by atoms with Crippen LogP contribution in [-0.4, -0.2) is 75.3 Å². The Morgan fingerprint density at radius 1 is 1.03 bits per heavy atom. The van der Waals surface area contributed by atoms with Gasteiger partial charge < -0.3 is 19.9 Å². The predicted molar refractivity (Wildman–Crippen MR) is 132 cm³/mol. The number of piperazine rings is 1. The Morgan fingerprint density at radius 3 is 2.36 bits per heavy atom. The number of fused-ring (bicyclic) bond motifs is 1. The molecule has 2 fully saturated rings. The van der Waals surface area contributed by atoms with Crippen LogP contribution >= 0.6 is 11.6 Å². The van der Waals surface area contributed by atoms with Gasteiger partial charge in [-0.15, -0.1) is 0 Å². The van der Waals surface area contributed by atoms with E-state index in [-0.39, 0.29) is 58.9 Å². The fourth-order valence-electron chi connectivity index (χ4n) is 4.86. The van der Waals surface area contributed by atoms with E-state index in [4.69, 9.17) is 16.3 Å². The van der Waals surface area contributed by atoms with E-state index in [2.05, 4.69) is 10.2 Å². The summed E-state index contributed by atoms with van der Waals surface area (Å²) < 4.78 is 46.5. The molecule has 2 amide bonds. The molecule has 2 aromatic rings. The monoisotopic (exact) mass is 536 g/mol. The van der Waals surface area contributed by atoms with Crippen LogP contribution in [0.25, 0.3) is 0 Å². The van der Waals surface area contributed by atoms with Gasteiger partial charge in [-0.05, 0) is 43.2 Å². The number of hydrogen-bond acceptors (Lipinski definition) is 6. The maximum absolute atomic E-state index is 13.3. The number of anilines is 2. The van der Waals surface area contributed by atoms with Crippen LogP contribution in [0.5, 0.6) is 5.75 Å². The summed E-state index contributed by atoms with van der Waals surface area (Å²) in [6.07, 6.45) is 0.844. The van der Waals surface area contributed by atoms with Gasteiger partial charge in [-0.1, -0.05) is 11.6 Å². The second-order valence-electron chi connectivity index (χ2n) is 9.08. The van der Waals surface area contributed by atoms with Gasteiger partial charge in [0, 0.05) is 56.9 Å². The van der Waals surface area contributed by atoms with Gasteiger partial charge in [0.25, 0.3) is 5.91 Å². The van der Waals surface area contributed by atoms with Gasteiger partial charge in [-0.25, -0.2) is 12.8 Å². The Hall–Kier alpha value is -2.89. The molecule has 2 saturated heterocycles. The number of carbonyl (C=O) groups is 2. The van der Waals surface area contributed by atoms with Crippen molar-refractivity contribution in [2.24, 2.45) is 5.92 Å². The minimum Gasteiger partial charge on any atom is -0.482 e. The predicted octanol–water partition coefficient (Wildman–Crippen LogP) is 2.56. The second-order valence-corrected chi connectivity index (χ2v) is 11.4. The van der Waals surface area contributed by atoms with Crippen LogP contribution in [0, 0.1) is 11.7 Å². The van der Waals surface area contributed by atoms with Gasteiger partial charge in [0.1, 0.15) is 16.5 Å². The van der Waals surface area contributed by atoms with Gasteiger partial charge in [0.2, 0.25) is 15.9 Å². The van der Waals surface area contributed by atoms with Crippen molar-refractivity contribution < 1.29 is 27.1 Å². The molecule has 0 spiro atoms. The van der Waals surface area contributed by atoms with Crippen molar-refractivity contribution >= 4 is 44.8 Å². The molecule has 192 valence electrons. The molecule has 0 bridgehead atoms. The first-order valence-corrected chi connectivity index (χ1v) is 13.6. The number of carbonyl (C=O) groups excluding carboxylic acids is 2. The minimum atomic E-state index is -3.90. The summed E-state index contributed by atoms with van der Waals surface area (Å²) in [5.41, 5.74) is 1.26. The van der Waals surface area contributed by atoms with Crippen molar-refractivity contribution in [3.8, 4) is 5.75 Å². The summed E-state index contributed by atoms with van der Waals surface area (Å²) >= 11 is 6.26. The van der Waals surface area contributed by atoms with Crippen LogP contribution < -0.4 is 15.0 Å². The highest BCUT2D eigenvalue weighted by molar-refractivity contribution is 7.89. The highest BCUT2D eigenvalue weighted by Crippen LogP contribution is 2.37. The van der Waals surface area contributed by atoms with Crippen molar-refractivity contribution in [3.63, 3.8) is 0 Å². The van der Waals surface area contributed by atoms with E-state index in [0.717, 1.165) is 5.69 Å². The zero-order chi connectivity index (χ0) is 25.4. The lowest BCUT2D eigenvalue weighted by atomic mass is 9.96. The summed E-state index contributed by atoms with van der Waals surface area (Å²) in [7, 11) is -3.90. The number of hydrogen-bond donors (Lipinski definition) is 1. The SMILES string of the molecule is O=C1COc2cc(S(=O)(=O)N3CCC(C(=O)N4CCN(c5ccc(F)cc5)CC4)CC3)c(Cl)cc2N1. The molecule has 0 aromatic heterocycles. The summed E-state index contributed by atoms with van der Waals surface area (Å²) in [6.45, 7) is 2.66. The number of sulfonamides is 1. The van der Waals surface area contributed by atoms with E-state index in [9.17, 15) is 22.4 Å². The molecule has 0 radical (unpaired) electrons. The fourth-order valence-corrected chi connectivity index (χ4v) is 6.84. The number of amides is 2. The average Bonchev–Trinajstić information content (AvgIpc) is 2.88. The molecule has 5 rings (SSSR count). The Labute approximate surface area is 213 Å². The molecule has 36 heavy (non-hydrogen) atoms. The van der Waals surface area contributed by atoms with Crippen LogP contribution in [0.2, 0.25) is 5.02 Å². The second kappa shape index (κ2) is 9.87. The number of piperidine rings is 1. The number of nitrogens with one attached hydrogen (secondary N) is 1. The van der Waals surface area contributed by atoms with Crippen molar-refractivity contribution in [1.29, 1.82) is 0 Å². The zero-order valence-electron chi connectivity index (χ0n) is 19.5. The summed E-state index contributed by atoms with van der Waals surface area (Å²) in [6, 6.07) is 9.04. The number of benzene rings is 2. The Kier molecular flexibility index (Phi) is 6.80. The van der Waals surface area contributed by atoms with Gasteiger partial charge >= 0.3 is 0 Å². The molecule has 3 heterocycles.